The highest BCUT2D eigenvalue weighted by atomic mass is 32.2. The van der Waals surface area contributed by atoms with E-state index in [-0.39, 0.29) is 0 Å². The van der Waals surface area contributed by atoms with Gasteiger partial charge in [-0.3, -0.25) is 0 Å². The largest absolute Gasteiger partial charge is 0.154 e. The number of thioether (sulfide) groups is 1. The summed E-state index contributed by atoms with van der Waals surface area (Å²) in [7, 11) is 0. The molecule has 2 rings (SSSR count). The molecule has 0 nitrogen and oxygen atoms in total. The Hall–Kier alpha value is -0.430. The van der Waals surface area contributed by atoms with Gasteiger partial charge in [-0.15, -0.1) is 0 Å². The van der Waals surface area contributed by atoms with Crippen LogP contribution >= 0.6 is 11.8 Å². The maximum atomic E-state index is 2.25. The second-order valence-electron chi connectivity index (χ2n) is 3.27. The molecule has 1 aliphatic heterocycles. The third kappa shape index (κ3) is 1.84. The summed E-state index contributed by atoms with van der Waals surface area (Å²) < 4.78 is 0. The Kier molecular flexibility index (Phi) is 2.72. The first-order valence-electron chi connectivity index (χ1n) is 4.63. The minimum atomic E-state index is 0.778. The van der Waals surface area contributed by atoms with Crippen molar-refractivity contribution in [3.05, 3.63) is 35.9 Å². The van der Waals surface area contributed by atoms with Crippen molar-refractivity contribution in [2.24, 2.45) is 0 Å². The molecule has 1 fully saturated rings. The molecule has 0 N–H and O–H groups in total. The van der Waals surface area contributed by atoms with Crippen LogP contribution in [-0.2, 0) is 0 Å². The van der Waals surface area contributed by atoms with Gasteiger partial charge in [0.2, 0.25) is 0 Å². The summed E-state index contributed by atoms with van der Waals surface area (Å²) in [6.45, 7) is 0. The lowest BCUT2D eigenvalue weighted by Crippen LogP contribution is -2.01. The van der Waals surface area contributed by atoms with Crippen LogP contribution in [0.3, 0.4) is 0 Å². The zero-order valence-electron chi connectivity index (χ0n) is 7.20. The molecule has 0 saturated carbocycles. The molecule has 1 aromatic carbocycles. The van der Waals surface area contributed by atoms with E-state index in [9.17, 15) is 0 Å². The monoisotopic (exact) mass is 178 g/mol. The highest BCUT2D eigenvalue weighted by Crippen LogP contribution is 2.37. The van der Waals surface area contributed by atoms with Gasteiger partial charge in [0.15, 0.2) is 0 Å². The van der Waals surface area contributed by atoms with Crippen LogP contribution in [0.5, 0.6) is 0 Å². The van der Waals surface area contributed by atoms with E-state index in [1.807, 2.05) is 0 Å². The molecule has 0 spiro atoms. The van der Waals surface area contributed by atoms with Gasteiger partial charge in [-0.2, -0.15) is 11.8 Å². The zero-order valence-corrected chi connectivity index (χ0v) is 8.02. The number of rotatable bonds is 1. The molecule has 1 heterocycles. The lowest BCUT2D eigenvalue weighted by atomic mass is 10.1. The van der Waals surface area contributed by atoms with Crippen LogP contribution in [0.1, 0.15) is 30.1 Å². The van der Waals surface area contributed by atoms with Crippen molar-refractivity contribution in [2.75, 3.05) is 5.75 Å². The molecule has 1 aromatic rings. The molecule has 0 radical (unpaired) electrons. The Morgan fingerprint density at radius 3 is 2.58 bits per heavy atom. The second kappa shape index (κ2) is 3.99. The minimum absolute atomic E-state index is 0.778. The van der Waals surface area contributed by atoms with Gasteiger partial charge in [0.05, 0.1) is 0 Å². The fourth-order valence-electron chi connectivity index (χ4n) is 1.67. The molecular formula is C11H14S. The van der Waals surface area contributed by atoms with Crippen LogP contribution in [0.25, 0.3) is 0 Å². The van der Waals surface area contributed by atoms with Crippen molar-refractivity contribution in [1.82, 2.24) is 0 Å². The third-order valence-electron chi connectivity index (χ3n) is 2.35. The van der Waals surface area contributed by atoms with E-state index in [2.05, 4.69) is 42.1 Å². The fourth-order valence-corrected chi connectivity index (χ4v) is 3.01. The predicted octanol–water partition coefficient (Wildman–Crippen LogP) is 3.64. The maximum absolute atomic E-state index is 2.25. The SMILES string of the molecule is c1ccc(C2CCCCS2)cc1. The summed E-state index contributed by atoms with van der Waals surface area (Å²) in [6, 6.07) is 10.9. The van der Waals surface area contributed by atoms with Gasteiger partial charge < -0.3 is 0 Å². The van der Waals surface area contributed by atoms with Crippen molar-refractivity contribution >= 4 is 11.8 Å². The second-order valence-corrected chi connectivity index (χ2v) is 4.58. The number of hydrogen-bond donors (Lipinski definition) is 0. The van der Waals surface area contributed by atoms with E-state index in [1.165, 1.54) is 30.6 Å². The lowest BCUT2D eigenvalue weighted by Gasteiger charge is -2.21. The van der Waals surface area contributed by atoms with Crippen LogP contribution in [-0.4, -0.2) is 5.75 Å². The highest BCUT2D eigenvalue weighted by molar-refractivity contribution is 7.99. The highest BCUT2D eigenvalue weighted by Gasteiger charge is 2.14. The Labute approximate surface area is 78.4 Å². The molecule has 12 heavy (non-hydrogen) atoms. The van der Waals surface area contributed by atoms with Crippen molar-refractivity contribution in [1.29, 1.82) is 0 Å². The van der Waals surface area contributed by atoms with Crippen molar-refractivity contribution < 1.29 is 0 Å². The molecule has 0 amide bonds. The summed E-state index contributed by atoms with van der Waals surface area (Å²) in [6.07, 6.45) is 4.19. The molecule has 0 aromatic heterocycles. The van der Waals surface area contributed by atoms with Gasteiger partial charge in [0.25, 0.3) is 0 Å². The summed E-state index contributed by atoms with van der Waals surface area (Å²) >= 11 is 2.12. The van der Waals surface area contributed by atoms with Gasteiger partial charge in [0.1, 0.15) is 0 Å². The molecule has 1 heteroatoms. The predicted molar refractivity (Wildman–Crippen MR) is 55.5 cm³/mol. The lowest BCUT2D eigenvalue weighted by molar-refractivity contribution is 0.686. The van der Waals surface area contributed by atoms with Gasteiger partial charge >= 0.3 is 0 Å². The zero-order chi connectivity index (χ0) is 8.23. The number of benzene rings is 1. The van der Waals surface area contributed by atoms with Gasteiger partial charge in [-0.25, -0.2) is 0 Å². The van der Waals surface area contributed by atoms with Gasteiger partial charge in [0, 0.05) is 5.25 Å². The Balaban J connectivity index is 2.08. The smallest absolute Gasteiger partial charge is 0.0297 e. The Morgan fingerprint density at radius 1 is 1.08 bits per heavy atom. The Bertz CT molecular complexity index is 224. The molecule has 0 bridgehead atoms. The number of hydrogen-bond acceptors (Lipinski definition) is 1. The van der Waals surface area contributed by atoms with Crippen molar-refractivity contribution in [3.63, 3.8) is 0 Å². The van der Waals surface area contributed by atoms with Gasteiger partial charge in [-0.05, 0) is 24.2 Å². The molecule has 1 atom stereocenters. The van der Waals surface area contributed by atoms with E-state index in [0.717, 1.165) is 5.25 Å². The summed E-state index contributed by atoms with van der Waals surface area (Å²) in [5.74, 6) is 1.35. The van der Waals surface area contributed by atoms with E-state index in [4.69, 9.17) is 0 Å². The van der Waals surface area contributed by atoms with Crippen LogP contribution in [0, 0.1) is 0 Å². The van der Waals surface area contributed by atoms with E-state index >= 15 is 0 Å². The van der Waals surface area contributed by atoms with Crippen LogP contribution in [0.4, 0.5) is 0 Å². The molecule has 1 unspecified atom stereocenters. The fraction of sp³-hybridized carbons (Fsp3) is 0.455. The molecule has 1 aliphatic rings. The van der Waals surface area contributed by atoms with Crippen LogP contribution in [0.2, 0.25) is 0 Å². The quantitative estimate of drug-likeness (QED) is 0.632. The van der Waals surface area contributed by atoms with E-state index in [0.29, 0.717) is 0 Å². The van der Waals surface area contributed by atoms with E-state index < -0.39 is 0 Å². The first-order valence-corrected chi connectivity index (χ1v) is 5.68. The average Bonchev–Trinajstić information content (AvgIpc) is 2.21. The van der Waals surface area contributed by atoms with Crippen molar-refractivity contribution in [2.45, 2.75) is 24.5 Å². The molecule has 0 aliphatic carbocycles. The van der Waals surface area contributed by atoms with E-state index in [1.54, 1.807) is 0 Å². The summed E-state index contributed by atoms with van der Waals surface area (Å²) in [5.41, 5.74) is 1.52. The van der Waals surface area contributed by atoms with Crippen LogP contribution < -0.4 is 0 Å². The van der Waals surface area contributed by atoms with Gasteiger partial charge in [-0.1, -0.05) is 36.8 Å². The maximum Gasteiger partial charge on any atom is 0.0297 e. The topological polar surface area (TPSA) is 0 Å². The molecule has 64 valence electrons. The summed E-state index contributed by atoms with van der Waals surface area (Å²) in [5, 5.41) is 0.778. The average molecular weight is 178 g/mol. The third-order valence-corrected chi connectivity index (χ3v) is 3.79. The molecular weight excluding hydrogens is 164 g/mol. The first kappa shape index (κ1) is 8.18. The van der Waals surface area contributed by atoms with Crippen molar-refractivity contribution in [3.8, 4) is 0 Å². The summed E-state index contributed by atoms with van der Waals surface area (Å²) in [4.78, 5) is 0. The molecule has 1 saturated heterocycles. The standard InChI is InChI=1S/C11H14S/c1-2-6-10(7-3-1)11-8-4-5-9-12-11/h1-3,6-7,11H,4-5,8-9H2. The minimum Gasteiger partial charge on any atom is -0.154 e. The Morgan fingerprint density at radius 2 is 1.92 bits per heavy atom. The van der Waals surface area contributed by atoms with Crippen LogP contribution in [0.15, 0.2) is 30.3 Å². The first-order chi connectivity index (χ1) is 5.97. The normalized spacial score (nSPS) is 23.8.